The molecule has 3 nitrogen and oxygen atoms in total. The van der Waals surface area contributed by atoms with E-state index < -0.39 is 9.84 Å². The number of nitrogens with zero attached hydrogens (tertiary/aromatic N) is 1. The van der Waals surface area contributed by atoms with Crippen LogP contribution < -0.4 is 0 Å². The summed E-state index contributed by atoms with van der Waals surface area (Å²) in [5.74, 6) is 1.60. The van der Waals surface area contributed by atoms with Crippen molar-refractivity contribution >= 4 is 9.84 Å². The van der Waals surface area contributed by atoms with Crippen LogP contribution in [-0.2, 0) is 9.84 Å². The minimum absolute atomic E-state index is 0.161. The maximum absolute atomic E-state index is 11.5. The molecule has 2 fully saturated rings. The summed E-state index contributed by atoms with van der Waals surface area (Å²) in [5.41, 5.74) is -0.161. The highest BCUT2D eigenvalue weighted by Gasteiger charge is 2.37. The molecule has 1 heterocycles. The summed E-state index contributed by atoms with van der Waals surface area (Å²) in [7, 11) is -2.79. The van der Waals surface area contributed by atoms with Crippen molar-refractivity contribution in [2.75, 3.05) is 24.6 Å². The van der Waals surface area contributed by atoms with Gasteiger partial charge in [0, 0.05) is 12.1 Å². The molecule has 2 rings (SSSR count). The molecule has 4 heteroatoms. The minimum atomic E-state index is -2.79. The maximum atomic E-state index is 11.5. The van der Waals surface area contributed by atoms with Crippen LogP contribution in [0.2, 0.25) is 0 Å². The van der Waals surface area contributed by atoms with Crippen LogP contribution in [0.5, 0.6) is 0 Å². The van der Waals surface area contributed by atoms with Crippen LogP contribution in [-0.4, -0.2) is 43.5 Å². The van der Waals surface area contributed by atoms with Crippen molar-refractivity contribution in [1.82, 2.24) is 4.90 Å². The number of hydrogen-bond acceptors (Lipinski definition) is 3. The van der Waals surface area contributed by atoms with E-state index in [1.165, 1.54) is 19.3 Å². The van der Waals surface area contributed by atoms with E-state index in [4.69, 9.17) is 0 Å². The molecule has 0 bridgehead atoms. The molecule has 1 saturated heterocycles. The van der Waals surface area contributed by atoms with Gasteiger partial charge < -0.3 is 0 Å². The fraction of sp³-hybridized carbons (Fsp3) is 1.00. The summed E-state index contributed by atoms with van der Waals surface area (Å²) in [4.78, 5) is 2.35. The molecule has 2 aliphatic rings. The maximum Gasteiger partial charge on any atom is 0.153 e. The summed E-state index contributed by atoms with van der Waals surface area (Å²) < 4.78 is 23.1. The first kappa shape index (κ1) is 11.4. The Bertz CT molecular complexity index is 330. The molecule has 0 amide bonds. The Balaban J connectivity index is 1.93. The van der Waals surface area contributed by atoms with Crippen LogP contribution in [0, 0.1) is 5.92 Å². The Morgan fingerprint density at radius 2 is 2.00 bits per heavy atom. The van der Waals surface area contributed by atoms with Gasteiger partial charge in [-0.05, 0) is 32.7 Å². The second-order valence-corrected chi connectivity index (χ2v) is 7.81. The molecule has 0 atom stereocenters. The zero-order valence-electron chi connectivity index (χ0n) is 9.70. The molecule has 1 saturated carbocycles. The zero-order valence-corrected chi connectivity index (χ0v) is 10.5. The smallest absolute Gasteiger partial charge is 0.153 e. The van der Waals surface area contributed by atoms with Gasteiger partial charge in [0.2, 0.25) is 0 Å². The van der Waals surface area contributed by atoms with E-state index in [1.807, 2.05) is 0 Å². The second-order valence-electron chi connectivity index (χ2n) is 5.62. The average molecular weight is 231 g/mol. The van der Waals surface area contributed by atoms with E-state index >= 15 is 0 Å². The number of rotatable bonds is 3. The van der Waals surface area contributed by atoms with Gasteiger partial charge in [-0.2, -0.15) is 0 Å². The first-order valence-corrected chi connectivity index (χ1v) is 7.67. The van der Waals surface area contributed by atoms with Crippen LogP contribution in [0.4, 0.5) is 0 Å². The topological polar surface area (TPSA) is 37.4 Å². The molecule has 0 radical (unpaired) electrons. The number of hydrogen-bond donors (Lipinski definition) is 0. The number of sulfone groups is 1. The minimum Gasteiger partial charge on any atom is -0.296 e. The lowest BCUT2D eigenvalue weighted by atomic mass is 10.0. The molecular weight excluding hydrogens is 210 g/mol. The Labute approximate surface area is 92.8 Å². The van der Waals surface area contributed by atoms with Crippen molar-refractivity contribution in [3.8, 4) is 0 Å². The normalized spacial score (nSPS) is 30.3. The van der Waals surface area contributed by atoms with E-state index in [9.17, 15) is 8.42 Å². The van der Waals surface area contributed by atoms with Crippen molar-refractivity contribution in [3.05, 3.63) is 0 Å². The van der Waals surface area contributed by atoms with Gasteiger partial charge in [0.25, 0.3) is 0 Å². The summed E-state index contributed by atoms with van der Waals surface area (Å²) >= 11 is 0. The van der Waals surface area contributed by atoms with E-state index in [2.05, 4.69) is 18.7 Å². The molecule has 0 spiro atoms. The van der Waals surface area contributed by atoms with Crippen molar-refractivity contribution in [2.24, 2.45) is 5.92 Å². The lowest BCUT2D eigenvalue weighted by molar-refractivity contribution is 0.136. The highest BCUT2D eigenvalue weighted by atomic mass is 32.2. The highest BCUT2D eigenvalue weighted by Crippen LogP contribution is 2.33. The molecular formula is C11H21NO2S. The molecule has 1 aliphatic heterocycles. The van der Waals surface area contributed by atoms with Gasteiger partial charge in [0.05, 0.1) is 11.5 Å². The first-order valence-electron chi connectivity index (χ1n) is 5.85. The van der Waals surface area contributed by atoms with Gasteiger partial charge >= 0.3 is 0 Å². The Morgan fingerprint density at radius 3 is 2.53 bits per heavy atom. The van der Waals surface area contributed by atoms with Gasteiger partial charge in [-0.15, -0.1) is 0 Å². The van der Waals surface area contributed by atoms with Crippen LogP contribution in [0.25, 0.3) is 0 Å². The monoisotopic (exact) mass is 231 g/mol. The molecule has 15 heavy (non-hydrogen) atoms. The third-order valence-electron chi connectivity index (χ3n) is 3.61. The molecule has 0 aromatic carbocycles. The molecule has 0 aromatic rings. The second kappa shape index (κ2) is 3.74. The zero-order chi connectivity index (χ0) is 11.1. The predicted octanol–water partition coefficient (Wildman–Crippen LogP) is 1.30. The molecule has 0 unspecified atom stereocenters. The lowest BCUT2D eigenvalue weighted by Crippen LogP contribution is -2.55. The van der Waals surface area contributed by atoms with Crippen molar-refractivity contribution in [1.29, 1.82) is 0 Å². The first-order chi connectivity index (χ1) is 6.89. The Morgan fingerprint density at radius 1 is 1.33 bits per heavy atom. The Kier molecular flexibility index (Phi) is 2.84. The van der Waals surface area contributed by atoms with Gasteiger partial charge in [-0.3, -0.25) is 4.90 Å². The highest BCUT2D eigenvalue weighted by molar-refractivity contribution is 7.91. The van der Waals surface area contributed by atoms with E-state index in [-0.39, 0.29) is 5.54 Å². The third-order valence-corrected chi connectivity index (χ3v) is 5.56. The molecule has 0 N–H and O–H groups in total. The predicted molar refractivity (Wildman–Crippen MR) is 61.6 cm³/mol. The quantitative estimate of drug-likeness (QED) is 0.734. The van der Waals surface area contributed by atoms with Crippen molar-refractivity contribution < 1.29 is 8.42 Å². The summed E-state index contributed by atoms with van der Waals surface area (Å²) in [6, 6.07) is 0. The van der Waals surface area contributed by atoms with Crippen molar-refractivity contribution in [2.45, 2.75) is 38.6 Å². The van der Waals surface area contributed by atoms with E-state index in [0.29, 0.717) is 11.5 Å². The molecule has 0 aromatic heterocycles. The van der Waals surface area contributed by atoms with E-state index in [1.54, 1.807) is 0 Å². The average Bonchev–Trinajstić information content (AvgIpc) is 2.82. The SMILES string of the molecule is CC1(C)CS(=O)(=O)CCN1CCC1CC1. The van der Waals surface area contributed by atoms with Crippen LogP contribution >= 0.6 is 0 Å². The van der Waals surface area contributed by atoms with Gasteiger partial charge in [0.1, 0.15) is 0 Å². The summed E-state index contributed by atoms with van der Waals surface area (Å²) in [5, 5.41) is 0. The van der Waals surface area contributed by atoms with Gasteiger partial charge in [-0.1, -0.05) is 12.8 Å². The Hall–Kier alpha value is -0.0900. The fourth-order valence-corrected chi connectivity index (χ4v) is 4.31. The van der Waals surface area contributed by atoms with Gasteiger partial charge in [-0.25, -0.2) is 8.42 Å². The van der Waals surface area contributed by atoms with Crippen molar-refractivity contribution in [3.63, 3.8) is 0 Å². The van der Waals surface area contributed by atoms with Crippen LogP contribution in [0.15, 0.2) is 0 Å². The standard InChI is InChI=1S/C11H21NO2S/c1-11(2)9-15(13,14)8-7-12(11)6-5-10-3-4-10/h10H,3-9H2,1-2H3. The summed E-state index contributed by atoms with van der Waals surface area (Å²) in [6.07, 6.45) is 4.02. The molecule has 1 aliphatic carbocycles. The lowest BCUT2D eigenvalue weighted by Gasteiger charge is -2.42. The molecule has 88 valence electrons. The van der Waals surface area contributed by atoms with E-state index in [0.717, 1.165) is 19.0 Å². The fourth-order valence-electron chi connectivity index (χ4n) is 2.41. The van der Waals surface area contributed by atoms with Crippen LogP contribution in [0.3, 0.4) is 0 Å². The largest absolute Gasteiger partial charge is 0.296 e. The van der Waals surface area contributed by atoms with Gasteiger partial charge in [0.15, 0.2) is 9.84 Å². The summed E-state index contributed by atoms with van der Waals surface area (Å²) in [6.45, 7) is 5.91. The van der Waals surface area contributed by atoms with Crippen LogP contribution in [0.1, 0.15) is 33.1 Å². The third kappa shape index (κ3) is 2.94.